The Balaban J connectivity index is 1.74. The Morgan fingerprint density at radius 1 is 1.29 bits per heavy atom. The largest absolute Gasteiger partial charge is 0.272 e. The number of carbonyl (C=O) groups excluding carboxylic acids is 1. The van der Waals surface area contributed by atoms with Gasteiger partial charge in [0.05, 0.1) is 12.5 Å². The summed E-state index contributed by atoms with van der Waals surface area (Å²) in [7, 11) is 0. The third-order valence-corrected chi connectivity index (χ3v) is 3.45. The zero-order chi connectivity index (χ0) is 12.1. The van der Waals surface area contributed by atoms with Gasteiger partial charge >= 0.3 is 0 Å². The topological polar surface area (TPSA) is 38.3 Å². The lowest BCUT2D eigenvalue weighted by atomic mass is 10.1. The average Bonchev–Trinajstić information content (AvgIpc) is 2.83. The lowest BCUT2D eigenvalue weighted by molar-refractivity contribution is -0.137. The Bertz CT molecular complexity index is 372. The fourth-order valence-electron chi connectivity index (χ4n) is 1.98. The Hall–Kier alpha value is -0.870. The van der Waals surface area contributed by atoms with E-state index in [9.17, 15) is 4.79 Å². The van der Waals surface area contributed by atoms with Gasteiger partial charge in [-0.05, 0) is 30.5 Å². The molecule has 1 amide bonds. The first-order chi connectivity index (χ1) is 8.24. The molecule has 17 heavy (non-hydrogen) atoms. The van der Waals surface area contributed by atoms with Crippen molar-refractivity contribution in [2.24, 2.45) is 0 Å². The molecule has 3 nitrogen and oxygen atoms in total. The number of hydroxylamine groups is 1. The van der Waals surface area contributed by atoms with Crippen molar-refractivity contribution in [2.75, 3.05) is 0 Å². The number of carbonyl (C=O) groups is 1. The van der Waals surface area contributed by atoms with Crippen LogP contribution in [0.2, 0.25) is 0 Å². The van der Waals surface area contributed by atoms with E-state index in [1.807, 2.05) is 24.3 Å². The van der Waals surface area contributed by atoms with Crippen LogP contribution in [-0.2, 0) is 16.1 Å². The first kappa shape index (κ1) is 12.6. The highest BCUT2D eigenvalue weighted by atomic mass is 79.9. The number of hydrogen-bond acceptors (Lipinski definition) is 2. The minimum Gasteiger partial charge on any atom is -0.272 e. The lowest BCUT2D eigenvalue weighted by Crippen LogP contribution is -2.29. The van der Waals surface area contributed by atoms with Gasteiger partial charge in [0.2, 0.25) is 5.91 Å². The predicted molar refractivity (Wildman–Crippen MR) is 69.3 cm³/mol. The summed E-state index contributed by atoms with van der Waals surface area (Å²) in [4.78, 5) is 17.0. The van der Waals surface area contributed by atoms with Crippen LogP contribution in [0.3, 0.4) is 0 Å². The normalized spacial score (nSPS) is 16.1. The van der Waals surface area contributed by atoms with Gasteiger partial charge in [0.15, 0.2) is 0 Å². The molecule has 4 heteroatoms. The van der Waals surface area contributed by atoms with Crippen molar-refractivity contribution in [3.05, 3.63) is 34.3 Å². The summed E-state index contributed by atoms with van der Waals surface area (Å²) in [5.74, 6) is -0.0841. The summed E-state index contributed by atoms with van der Waals surface area (Å²) in [5.41, 5.74) is 3.52. The second-order valence-electron chi connectivity index (χ2n) is 4.35. The molecule has 0 bridgehead atoms. The highest BCUT2D eigenvalue weighted by Crippen LogP contribution is 2.19. The van der Waals surface area contributed by atoms with Crippen LogP contribution in [0.1, 0.15) is 31.2 Å². The Morgan fingerprint density at radius 3 is 2.59 bits per heavy atom. The van der Waals surface area contributed by atoms with Crippen molar-refractivity contribution in [3.63, 3.8) is 0 Å². The van der Waals surface area contributed by atoms with Crippen LogP contribution in [0.25, 0.3) is 0 Å². The monoisotopic (exact) mass is 297 g/mol. The van der Waals surface area contributed by atoms with E-state index in [0.717, 1.165) is 22.9 Å². The number of amides is 1. The molecule has 0 aromatic heterocycles. The molecule has 1 aromatic carbocycles. The Labute approximate surface area is 110 Å². The molecule has 1 aliphatic carbocycles. The molecule has 0 spiro atoms. The van der Waals surface area contributed by atoms with Crippen LogP contribution in [0, 0.1) is 0 Å². The van der Waals surface area contributed by atoms with Crippen molar-refractivity contribution >= 4 is 21.8 Å². The van der Waals surface area contributed by atoms with E-state index >= 15 is 0 Å². The molecule has 0 atom stereocenters. The molecule has 0 radical (unpaired) electrons. The average molecular weight is 298 g/mol. The van der Waals surface area contributed by atoms with Gasteiger partial charge in [-0.2, -0.15) is 0 Å². The van der Waals surface area contributed by atoms with E-state index in [1.165, 1.54) is 12.8 Å². The molecule has 1 aliphatic rings. The van der Waals surface area contributed by atoms with Gasteiger partial charge in [-0.1, -0.05) is 40.9 Å². The van der Waals surface area contributed by atoms with Crippen LogP contribution in [-0.4, -0.2) is 12.0 Å². The van der Waals surface area contributed by atoms with Crippen LogP contribution in [0.5, 0.6) is 0 Å². The minimum atomic E-state index is -0.0841. The van der Waals surface area contributed by atoms with Gasteiger partial charge in [0, 0.05) is 4.47 Å². The van der Waals surface area contributed by atoms with Gasteiger partial charge in [-0.3, -0.25) is 9.63 Å². The van der Waals surface area contributed by atoms with Crippen molar-refractivity contribution < 1.29 is 9.63 Å². The quantitative estimate of drug-likeness (QED) is 0.868. The molecule has 1 fully saturated rings. The number of nitrogens with one attached hydrogen (secondary N) is 1. The van der Waals surface area contributed by atoms with E-state index < -0.39 is 0 Å². The second kappa shape index (κ2) is 6.17. The molecule has 0 aliphatic heterocycles. The zero-order valence-electron chi connectivity index (χ0n) is 9.62. The van der Waals surface area contributed by atoms with Crippen LogP contribution >= 0.6 is 15.9 Å². The van der Waals surface area contributed by atoms with Gasteiger partial charge < -0.3 is 0 Å². The molecule has 1 N–H and O–H groups in total. The van der Waals surface area contributed by atoms with Crippen molar-refractivity contribution in [2.45, 2.75) is 38.2 Å². The molecule has 0 heterocycles. The maximum Gasteiger partial charge on any atom is 0.247 e. The maximum absolute atomic E-state index is 11.6. The third kappa shape index (κ3) is 4.13. The summed E-state index contributed by atoms with van der Waals surface area (Å²) in [6, 6.07) is 7.72. The molecular weight excluding hydrogens is 282 g/mol. The summed E-state index contributed by atoms with van der Waals surface area (Å²) in [6.45, 7) is 0. The summed E-state index contributed by atoms with van der Waals surface area (Å²) in [5, 5.41) is 0. The molecule has 1 saturated carbocycles. The fourth-order valence-corrected chi connectivity index (χ4v) is 2.24. The lowest BCUT2D eigenvalue weighted by Gasteiger charge is -2.11. The van der Waals surface area contributed by atoms with Crippen LogP contribution < -0.4 is 5.48 Å². The first-order valence-corrected chi connectivity index (χ1v) is 6.72. The Morgan fingerprint density at radius 2 is 1.94 bits per heavy atom. The molecule has 2 rings (SSSR count). The number of halogens is 1. The summed E-state index contributed by atoms with van der Waals surface area (Å²) in [6.07, 6.45) is 5.08. The Kier molecular flexibility index (Phi) is 4.57. The number of hydrogen-bond donors (Lipinski definition) is 1. The maximum atomic E-state index is 11.6. The standard InChI is InChI=1S/C13H16BrNO2/c14-11-7-5-10(6-8-11)9-13(16)15-17-12-3-1-2-4-12/h5-8,12H,1-4,9H2,(H,15,16). The number of rotatable bonds is 4. The van der Waals surface area contributed by atoms with E-state index in [-0.39, 0.29) is 12.0 Å². The predicted octanol–water partition coefficient (Wildman–Crippen LogP) is 2.98. The highest BCUT2D eigenvalue weighted by Gasteiger charge is 2.16. The smallest absolute Gasteiger partial charge is 0.247 e. The zero-order valence-corrected chi connectivity index (χ0v) is 11.2. The third-order valence-electron chi connectivity index (χ3n) is 2.92. The molecule has 92 valence electrons. The van der Waals surface area contributed by atoms with Gasteiger partial charge in [-0.25, -0.2) is 5.48 Å². The van der Waals surface area contributed by atoms with E-state index in [2.05, 4.69) is 21.4 Å². The van der Waals surface area contributed by atoms with Gasteiger partial charge in [-0.15, -0.1) is 0 Å². The van der Waals surface area contributed by atoms with Crippen molar-refractivity contribution in [3.8, 4) is 0 Å². The van der Waals surface area contributed by atoms with E-state index in [4.69, 9.17) is 4.84 Å². The van der Waals surface area contributed by atoms with E-state index in [1.54, 1.807) is 0 Å². The first-order valence-electron chi connectivity index (χ1n) is 5.93. The number of benzene rings is 1. The molecule has 1 aromatic rings. The van der Waals surface area contributed by atoms with Gasteiger partial charge in [0.25, 0.3) is 0 Å². The minimum absolute atomic E-state index is 0.0841. The van der Waals surface area contributed by atoms with Gasteiger partial charge in [0.1, 0.15) is 0 Å². The summed E-state index contributed by atoms with van der Waals surface area (Å²) >= 11 is 3.36. The van der Waals surface area contributed by atoms with Crippen LogP contribution in [0.15, 0.2) is 28.7 Å². The molecule has 0 unspecified atom stereocenters. The van der Waals surface area contributed by atoms with Crippen molar-refractivity contribution in [1.82, 2.24) is 5.48 Å². The van der Waals surface area contributed by atoms with E-state index in [0.29, 0.717) is 6.42 Å². The highest BCUT2D eigenvalue weighted by molar-refractivity contribution is 9.10. The fraction of sp³-hybridized carbons (Fsp3) is 0.462. The molecular formula is C13H16BrNO2. The molecule has 0 saturated heterocycles. The second-order valence-corrected chi connectivity index (χ2v) is 5.27. The van der Waals surface area contributed by atoms with Crippen LogP contribution in [0.4, 0.5) is 0 Å². The van der Waals surface area contributed by atoms with Crippen molar-refractivity contribution in [1.29, 1.82) is 0 Å². The SMILES string of the molecule is O=C(Cc1ccc(Br)cc1)NOC1CCCC1. The summed E-state index contributed by atoms with van der Waals surface area (Å²) < 4.78 is 1.02.